The van der Waals surface area contributed by atoms with Crippen molar-refractivity contribution in [2.24, 2.45) is 4.99 Å². The zero-order valence-corrected chi connectivity index (χ0v) is 17.8. The van der Waals surface area contributed by atoms with Gasteiger partial charge in [-0.2, -0.15) is 0 Å². The summed E-state index contributed by atoms with van der Waals surface area (Å²) in [7, 11) is 0. The molecular formula is C23H26FN5O2. The zero-order valence-electron chi connectivity index (χ0n) is 17.8. The number of halogens is 1. The van der Waals surface area contributed by atoms with Crippen LogP contribution in [0, 0.1) is 5.41 Å². The quantitative estimate of drug-likeness (QED) is 0.605. The minimum absolute atomic E-state index is 0.0920. The van der Waals surface area contributed by atoms with Crippen LogP contribution in [0.2, 0.25) is 0 Å². The number of aromatic nitrogens is 1. The minimum atomic E-state index is -1.46. The molecule has 2 heterocycles. The number of carbonyl (C=O) groups excluding carboxylic acids is 1. The van der Waals surface area contributed by atoms with E-state index in [9.17, 15) is 9.18 Å². The van der Waals surface area contributed by atoms with Crippen molar-refractivity contribution in [2.75, 3.05) is 13.2 Å². The van der Waals surface area contributed by atoms with E-state index in [0.717, 1.165) is 16.3 Å². The van der Waals surface area contributed by atoms with E-state index in [4.69, 9.17) is 10.1 Å². The number of carbonyl (C=O) groups is 1. The number of benzene rings is 1. The van der Waals surface area contributed by atoms with Crippen molar-refractivity contribution >= 4 is 28.1 Å². The number of pyridine rings is 1. The number of nitrogens with one attached hydrogen (secondary N) is 3. The summed E-state index contributed by atoms with van der Waals surface area (Å²) in [6.07, 6.45) is 6.27. The second-order valence-electron chi connectivity index (χ2n) is 7.65. The van der Waals surface area contributed by atoms with Crippen LogP contribution in [0.4, 0.5) is 4.39 Å². The largest absolute Gasteiger partial charge is 0.474 e. The van der Waals surface area contributed by atoms with Crippen LogP contribution >= 0.6 is 0 Å². The molecule has 1 aliphatic heterocycles. The predicted octanol–water partition coefficient (Wildman–Crippen LogP) is 3.46. The number of ether oxygens (including phenoxy) is 1. The summed E-state index contributed by atoms with van der Waals surface area (Å²) >= 11 is 0. The van der Waals surface area contributed by atoms with Crippen molar-refractivity contribution in [1.29, 1.82) is 5.41 Å². The molecular weight excluding hydrogens is 397 g/mol. The first-order valence-electron chi connectivity index (χ1n) is 10.0. The number of hydrogen-bond acceptors (Lipinski definition) is 6. The molecule has 1 aromatic carbocycles. The summed E-state index contributed by atoms with van der Waals surface area (Å²) in [4.78, 5) is 20.7. The standard InChI is InChI=1S/C23H26FN5O2/c1-4-27-21(30)20-18(19(25)9-10-28-20)13-26-11-15-12-29-22(31-14-23(2,3)24)17-8-6-5-7-16(15)17/h5-10,12-13,25-26H,4,11,14H2,1-3H3,(H,27,30)/b18-13+,25-19?. The second kappa shape index (κ2) is 9.51. The molecule has 1 aromatic heterocycles. The molecule has 0 fully saturated rings. The lowest BCUT2D eigenvalue weighted by atomic mass is 10.0. The molecule has 0 atom stereocenters. The van der Waals surface area contributed by atoms with Gasteiger partial charge in [-0.15, -0.1) is 0 Å². The SMILES string of the molecule is CCNC(=O)C1=NC=CC(=N)/C1=C\NCc1cnc(OCC(C)(C)F)c2ccccc12. The van der Waals surface area contributed by atoms with Crippen molar-refractivity contribution in [3.63, 3.8) is 0 Å². The van der Waals surface area contributed by atoms with E-state index in [1.807, 2.05) is 31.2 Å². The number of hydrogen-bond donors (Lipinski definition) is 3. The van der Waals surface area contributed by atoms with Gasteiger partial charge < -0.3 is 20.8 Å². The first-order valence-corrected chi connectivity index (χ1v) is 10.0. The first-order chi connectivity index (χ1) is 14.8. The molecule has 0 unspecified atom stereocenters. The van der Waals surface area contributed by atoms with Crippen molar-refractivity contribution in [3.8, 4) is 5.88 Å². The van der Waals surface area contributed by atoms with Crippen LogP contribution in [0.5, 0.6) is 5.88 Å². The Morgan fingerprint density at radius 3 is 2.74 bits per heavy atom. The lowest BCUT2D eigenvalue weighted by molar-refractivity contribution is -0.114. The van der Waals surface area contributed by atoms with Crippen molar-refractivity contribution in [2.45, 2.75) is 33.0 Å². The van der Waals surface area contributed by atoms with Crippen molar-refractivity contribution in [3.05, 3.63) is 60.1 Å². The van der Waals surface area contributed by atoms with Gasteiger partial charge in [-0.3, -0.25) is 9.79 Å². The average Bonchev–Trinajstić information content (AvgIpc) is 2.73. The summed E-state index contributed by atoms with van der Waals surface area (Å²) in [6, 6.07) is 7.62. The summed E-state index contributed by atoms with van der Waals surface area (Å²) in [6.45, 7) is 5.52. The van der Waals surface area contributed by atoms with Crippen molar-refractivity contribution in [1.82, 2.24) is 15.6 Å². The van der Waals surface area contributed by atoms with E-state index < -0.39 is 5.67 Å². The minimum Gasteiger partial charge on any atom is -0.474 e. The Morgan fingerprint density at radius 2 is 2.03 bits per heavy atom. The maximum atomic E-state index is 13.8. The van der Waals surface area contributed by atoms with Gasteiger partial charge in [0.2, 0.25) is 5.88 Å². The highest BCUT2D eigenvalue weighted by Gasteiger charge is 2.21. The van der Waals surface area contributed by atoms with E-state index in [1.165, 1.54) is 26.1 Å². The molecule has 0 aliphatic carbocycles. The van der Waals surface area contributed by atoms with E-state index in [1.54, 1.807) is 12.4 Å². The number of alkyl halides is 1. The number of allylic oxidation sites excluding steroid dienone is 1. The monoisotopic (exact) mass is 423 g/mol. The van der Waals surface area contributed by atoms with Gasteiger partial charge in [0.25, 0.3) is 5.91 Å². The summed E-state index contributed by atoms with van der Waals surface area (Å²) in [5.74, 6) is 0.0577. The molecule has 0 bridgehead atoms. The van der Waals surface area contributed by atoms with Crippen LogP contribution in [0.1, 0.15) is 26.3 Å². The molecule has 0 radical (unpaired) electrons. The van der Waals surface area contributed by atoms with Gasteiger partial charge in [0.1, 0.15) is 18.0 Å². The third-order valence-corrected chi connectivity index (χ3v) is 4.47. The van der Waals surface area contributed by atoms with Gasteiger partial charge in [-0.25, -0.2) is 9.37 Å². The Bertz CT molecular complexity index is 1080. The summed E-state index contributed by atoms with van der Waals surface area (Å²) in [5, 5.41) is 15.7. The molecule has 0 saturated heterocycles. The topological polar surface area (TPSA) is 99.5 Å². The molecule has 162 valence electrons. The molecule has 2 aromatic rings. The van der Waals surface area contributed by atoms with E-state index in [2.05, 4.69) is 20.6 Å². The van der Waals surface area contributed by atoms with Gasteiger partial charge >= 0.3 is 0 Å². The highest BCUT2D eigenvalue weighted by Crippen LogP contribution is 2.27. The van der Waals surface area contributed by atoms with Gasteiger partial charge in [-0.1, -0.05) is 18.2 Å². The maximum absolute atomic E-state index is 13.8. The maximum Gasteiger partial charge on any atom is 0.270 e. The van der Waals surface area contributed by atoms with E-state index in [0.29, 0.717) is 24.5 Å². The first kappa shape index (κ1) is 22.1. The molecule has 1 amide bonds. The third kappa shape index (κ3) is 5.53. The predicted molar refractivity (Wildman–Crippen MR) is 120 cm³/mol. The van der Waals surface area contributed by atoms with Crippen LogP contribution in [0.25, 0.3) is 10.8 Å². The molecule has 3 N–H and O–H groups in total. The number of aliphatic imine (C=N–C) groups is 1. The molecule has 0 spiro atoms. The smallest absolute Gasteiger partial charge is 0.270 e. The van der Waals surface area contributed by atoms with Crippen LogP contribution in [-0.2, 0) is 11.3 Å². The van der Waals surface area contributed by atoms with Gasteiger partial charge in [0, 0.05) is 42.6 Å². The highest BCUT2D eigenvalue weighted by molar-refractivity contribution is 6.53. The average molecular weight is 423 g/mol. The van der Waals surface area contributed by atoms with E-state index in [-0.39, 0.29) is 23.9 Å². The molecule has 3 rings (SSSR count). The van der Waals surface area contributed by atoms with Crippen molar-refractivity contribution < 1.29 is 13.9 Å². The molecule has 7 nitrogen and oxygen atoms in total. The number of nitrogens with zero attached hydrogens (tertiary/aromatic N) is 2. The number of fused-ring (bicyclic) bond motifs is 1. The normalized spacial score (nSPS) is 15.2. The Kier molecular flexibility index (Phi) is 6.79. The number of rotatable bonds is 8. The Labute approximate surface area is 180 Å². The lowest BCUT2D eigenvalue weighted by Crippen LogP contribution is -2.35. The van der Waals surface area contributed by atoms with Gasteiger partial charge in [0.05, 0.1) is 5.71 Å². The molecule has 31 heavy (non-hydrogen) atoms. The Hall–Kier alpha value is -3.55. The fourth-order valence-corrected chi connectivity index (χ4v) is 3.03. The van der Waals surface area contributed by atoms with Gasteiger partial charge in [-0.05, 0) is 43.9 Å². The molecule has 1 aliphatic rings. The third-order valence-electron chi connectivity index (χ3n) is 4.47. The Balaban J connectivity index is 1.81. The van der Waals surface area contributed by atoms with Gasteiger partial charge in [0.15, 0.2) is 0 Å². The lowest BCUT2D eigenvalue weighted by Gasteiger charge is -2.17. The van der Waals surface area contributed by atoms with E-state index >= 15 is 0 Å². The fourth-order valence-electron chi connectivity index (χ4n) is 3.03. The second-order valence-corrected chi connectivity index (χ2v) is 7.65. The van der Waals surface area contributed by atoms with Crippen LogP contribution < -0.4 is 15.4 Å². The summed E-state index contributed by atoms with van der Waals surface area (Å²) in [5.41, 5.74) is 0.244. The number of amides is 1. The molecule has 0 saturated carbocycles. The molecule has 8 heteroatoms. The Morgan fingerprint density at radius 1 is 1.29 bits per heavy atom. The zero-order chi connectivity index (χ0) is 22.4. The fraction of sp³-hybridized carbons (Fsp3) is 0.304. The highest BCUT2D eigenvalue weighted by atomic mass is 19.1. The van der Waals surface area contributed by atoms with Crippen LogP contribution in [0.3, 0.4) is 0 Å². The van der Waals surface area contributed by atoms with Crippen LogP contribution in [-0.4, -0.2) is 41.1 Å². The van der Waals surface area contributed by atoms with Crippen LogP contribution in [0.15, 0.2) is 59.5 Å². The summed E-state index contributed by atoms with van der Waals surface area (Å²) < 4.78 is 19.4.